The van der Waals surface area contributed by atoms with Gasteiger partial charge in [0.25, 0.3) is 0 Å². The average Bonchev–Trinajstić information content (AvgIpc) is 3.40. The number of methoxy groups -OCH3 is 1. The highest BCUT2D eigenvalue weighted by atomic mass is 35.5. The van der Waals surface area contributed by atoms with Crippen molar-refractivity contribution in [3.63, 3.8) is 0 Å². The Labute approximate surface area is 221 Å². The van der Waals surface area contributed by atoms with Crippen LogP contribution in [0.2, 0.25) is 5.02 Å². The number of ether oxygens (including phenoxy) is 1. The molecule has 2 N–H and O–H groups in total. The van der Waals surface area contributed by atoms with Crippen LogP contribution in [0.3, 0.4) is 0 Å². The molecule has 7 nitrogen and oxygen atoms in total. The van der Waals surface area contributed by atoms with Crippen molar-refractivity contribution in [3.05, 3.63) is 95.5 Å². The van der Waals surface area contributed by atoms with Crippen LogP contribution in [0.1, 0.15) is 25.0 Å². The standard InChI is InChI=1S/C27H25ClFN3O4S/c1-5-18(13-19(29)6-2)22-15-26(35-4)25(16-23(22)28)30-24-8-7-20(14-21(24)17(3)9-11-33)37(34)32-27-10-12-36-31-27/h5-16,30H,2H2,1,3-4H3,(H,31,32)/b17-9-,18-5+,19-13+. The number of rotatable bonds is 11. The first-order valence-corrected chi connectivity index (χ1v) is 12.5. The van der Waals surface area contributed by atoms with Gasteiger partial charge >= 0.3 is 0 Å². The molecule has 1 unspecified atom stereocenters. The summed E-state index contributed by atoms with van der Waals surface area (Å²) in [5, 5.41) is 7.35. The number of allylic oxidation sites excluding steroid dienone is 7. The summed E-state index contributed by atoms with van der Waals surface area (Å²) in [6.07, 6.45) is 7.62. The molecule has 2 aromatic carbocycles. The van der Waals surface area contributed by atoms with Crippen molar-refractivity contribution in [2.75, 3.05) is 17.1 Å². The third-order valence-electron chi connectivity index (χ3n) is 5.25. The van der Waals surface area contributed by atoms with E-state index in [1.165, 1.54) is 25.5 Å². The number of benzene rings is 2. The summed E-state index contributed by atoms with van der Waals surface area (Å²) in [5.74, 6) is 0.280. The van der Waals surface area contributed by atoms with Gasteiger partial charge in [-0.15, -0.1) is 0 Å². The molecule has 0 spiro atoms. The van der Waals surface area contributed by atoms with Crippen molar-refractivity contribution >= 4 is 57.2 Å². The number of carbonyl (C=O) groups excluding carboxylic acids is 1. The molecular weight excluding hydrogens is 517 g/mol. The Morgan fingerprint density at radius 3 is 2.62 bits per heavy atom. The van der Waals surface area contributed by atoms with Crippen molar-refractivity contribution in [2.45, 2.75) is 18.7 Å². The van der Waals surface area contributed by atoms with Gasteiger partial charge in [-0.25, -0.2) is 8.60 Å². The number of hydrogen-bond donors (Lipinski definition) is 2. The molecule has 1 atom stereocenters. The third-order valence-corrected chi connectivity index (χ3v) is 6.64. The van der Waals surface area contributed by atoms with Gasteiger partial charge in [0.05, 0.1) is 22.7 Å². The predicted octanol–water partition coefficient (Wildman–Crippen LogP) is 7.26. The molecule has 0 saturated carbocycles. The Morgan fingerprint density at radius 1 is 1.22 bits per heavy atom. The number of nitrogens with zero attached hydrogens (tertiary/aromatic N) is 1. The van der Waals surface area contributed by atoms with Crippen LogP contribution in [0.4, 0.5) is 21.6 Å². The van der Waals surface area contributed by atoms with E-state index in [1.54, 1.807) is 56.3 Å². The fourth-order valence-corrected chi connectivity index (χ4v) is 4.50. The molecule has 0 aliphatic rings. The van der Waals surface area contributed by atoms with Gasteiger partial charge < -0.3 is 14.6 Å². The lowest BCUT2D eigenvalue weighted by molar-refractivity contribution is -0.104. The van der Waals surface area contributed by atoms with E-state index in [2.05, 4.69) is 21.8 Å². The highest BCUT2D eigenvalue weighted by Crippen LogP contribution is 2.39. The molecular formula is C27H25ClFN3O4S. The van der Waals surface area contributed by atoms with E-state index in [0.717, 1.165) is 6.08 Å². The van der Waals surface area contributed by atoms with E-state index in [-0.39, 0.29) is 0 Å². The lowest BCUT2D eigenvalue weighted by Gasteiger charge is -2.18. The molecule has 0 amide bonds. The van der Waals surface area contributed by atoms with Crippen LogP contribution in [-0.2, 0) is 15.8 Å². The molecule has 3 rings (SSSR count). The van der Waals surface area contributed by atoms with Crippen LogP contribution >= 0.6 is 11.6 Å². The van der Waals surface area contributed by atoms with Crippen molar-refractivity contribution in [2.24, 2.45) is 0 Å². The number of carbonyl (C=O) groups is 1. The Balaban J connectivity index is 2.03. The van der Waals surface area contributed by atoms with Gasteiger partial charge in [0.1, 0.15) is 24.1 Å². The Kier molecular flexibility index (Phi) is 9.59. The summed E-state index contributed by atoms with van der Waals surface area (Å²) in [6, 6.07) is 10.0. The molecule has 0 bridgehead atoms. The minimum Gasteiger partial charge on any atom is -0.495 e. The quantitative estimate of drug-likeness (QED) is 0.151. The molecule has 192 valence electrons. The van der Waals surface area contributed by atoms with Gasteiger partial charge in [0, 0.05) is 22.9 Å². The van der Waals surface area contributed by atoms with Crippen molar-refractivity contribution in [1.29, 1.82) is 0 Å². The SMILES string of the molecule is C=C/C(F)=C\C(=C/C)c1cc(OC)c(Nc2ccc(S(=O)Nc3ccon3)cc2/C(C)=C\C=O)cc1Cl. The van der Waals surface area contributed by atoms with E-state index in [9.17, 15) is 13.4 Å². The summed E-state index contributed by atoms with van der Waals surface area (Å²) in [5.41, 5.74) is 3.56. The highest BCUT2D eigenvalue weighted by Gasteiger charge is 2.16. The molecule has 0 aliphatic carbocycles. The Hall–Kier alpha value is -3.95. The van der Waals surface area contributed by atoms with Gasteiger partial charge in [-0.05, 0) is 73.6 Å². The summed E-state index contributed by atoms with van der Waals surface area (Å²) in [4.78, 5) is 11.6. The summed E-state index contributed by atoms with van der Waals surface area (Å²) in [6.45, 7) is 6.97. The number of aldehydes is 1. The normalized spacial score (nSPS) is 13.2. The first-order chi connectivity index (χ1) is 17.8. The van der Waals surface area contributed by atoms with Gasteiger partial charge in [-0.1, -0.05) is 29.4 Å². The average molecular weight is 542 g/mol. The van der Waals surface area contributed by atoms with E-state index < -0.39 is 16.8 Å². The molecule has 1 aromatic heterocycles. The summed E-state index contributed by atoms with van der Waals surface area (Å²) in [7, 11) is -0.126. The van der Waals surface area contributed by atoms with Gasteiger partial charge in [0.2, 0.25) is 0 Å². The lowest BCUT2D eigenvalue weighted by Crippen LogP contribution is -2.06. The second kappa shape index (κ2) is 12.8. The topological polar surface area (TPSA) is 93.5 Å². The van der Waals surface area contributed by atoms with Gasteiger partial charge in [-0.2, -0.15) is 0 Å². The van der Waals surface area contributed by atoms with E-state index in [4.69, 9.17) is 20.9 Å². The lowest BCUT2D eigenvalue weighted by atomic mass is 10.0. The fraction of sp³-hybridized carbons (Fsp3) is 0.111. The van der Waals surface area contributed by atoms with Crippen LogP contribution < -0.4 is 14.8 Å². The zero-order valence-electron chi connectivity index (χ0n) is 20.4. The highest BCUT2D eigenvalue weighted by molar-refractivity contribution is 7.86. The number of anilines is 3. The van der Waals surface area contributed by atoms with Crippen molar-refractivity contribution < 1.29 is 22.7 Å². The molecule has 10 heteroatoms. The molecule has 1 heterocycles. The maximum atomic E-state index is 13.9. The number of halogens is 2. The molecule has 0 radical (unpaired) electrons. The van der Waals surface area contributed by atoms with E-state index >= 15 is 0 Å². The van der Waals surface area contributed by atoms with Gasteiger partial charge in [-0.3, -0.25) is 9.52 Å². The minimum atomic E-state index is -1.63. The molecule has 0 fully saturated rings. The van der Waals surface area contributed by atoms with E-state index in [0.29, 0.717) is 61.4 Å². The summed E-state index contributed by atoms with van der Waals surface area (Å²) < 4.78 is 39.8. The van der Waals surface area contributed by atoms with Gasteiger partial charge in [0.15, 0.2) is 16.8 Å². The minimum absolute atomic E-state index is 0.324. The monoisotopic (exact) mass is 541 g/mol. The van der Waals surface area contributed by atoms with Crippen LogP contribution in [0.5, 0.6) is 5.75 Å². The second-order valence-electron chi connectivity index (χ2n) is 7.58. The van der Waals surface area contributed by atoms with Crippen molar-refractivity contribution in [1.82, 2.24) is 5.16 Å². The Morgan fingerprint density at radius 2 is 2.00 bits per heavy atom. The number of aromatic nitrogens is 1. The maximum Gasteiger partial charge on any atom is 0.181 e. The summed E-state index contributed by atoms with van der Waals surface area (Å²) >= 11 is 6.58. The molecule has 3 aromatic rings. The number of hydrogen-bond acceptors (Lipinski definition) is 6. The zero-order valence-corrected chi connectivity index (χ0v) is 22.0. The van der Waals surface area contributed by atoms with Crippen LogP contribution in [-0.4, -0.2) is 22.8 Å². The van der Waals surface area contributed by atoms with E-state index in [1.807, 2.05) is 0 Å². The third kappa shape index (κ3) is 6.84. The predicted molar refractivity (Wildman–Crippen MR) is 147 cm³/mol. The first-order valence-electron chi connectivity index (χ1n) is 11.0. The molecule has 37 heavy (non-hydrogen) atoms. The molecule has 0 saturated heterocycles. The maximum absolute atomic E-state index is 13.9. The first kappa shape index (κ1) is 27.6. The van der Waals surface area contributed by atoms with Crippen LogP contribution in [0, 0.1) is 0 Å². The number of nitrogens with one attached hydrogen (secondary N) is 2. The zero-order chi connectivity index (χ0) is 26.9. The van der Waals surface area contributed by atoms with Crippen LogP contribution in [0.15, 0.2) is 88.8 Å². The van der Waals surface area contributed by atoms with Crippen molar-refractivity contribution in [3.8, 4) is 5.75 Å². The molecule has 0 aliphatic heterocycles. The fourth-order valence-electron chi connectivity index (χ4n) is 3.40. The van der Waals surface area contributed by atoms with Crippen LogP contribution in [0.25, 0.3) is 11.1 Å². The largest absolute Gasteiger partial charge is 0.495 e. The second-order valence-corrected chi connectivity index (χ2v) is 9.20. The smallest absolute Gasteiger partial charge is 0.181 e. The Bertz CT molecular complexity index is 1420.